The van der Waals surface area contributed by atoms with Crippen LogP contribution in [0.2, 0.25) is 0 Å². The van der Waals surface area contributed by atoms with E-state index in [-0.39, 0.29) is 5.91 Å². The molecule has 2 N–H and O–H groups in total. The molecule has 0 aromatic heterocycles. The third-order valence-electron chi connectivity index (χ3n) is 2.56. The van der Waals surface area contributed by atoms with Gasteiger partial charge in [-0.15, -0.1) is 0 Å². The molecule has 0 aliphatic carbocycles. The van der Waals surface area contributed by atoms with Crippen molar-refractivity contribution in [3.8, 4) is 0 Å². The Balaban J connectivity index is 3.71. The second-order valence-corrected chi connectivity index (χ2v) is 4.58. The monoisotopic (exact) mass is 261 g/mol. The van der Waals surface area contributed by atoms with Crippen LogP contribution in [0, 0.1) is 0 Å². The number of carboxylic acids is 1. The smallest absolute Gasteiger partial charge is 0.326 e. The van der Waals surface area contributed by atoms with E-state index in [1.807, 2.05) is 0 Å². The SMILES string of the molecule is CCCCCCCC(=O)N[C@H](CCS)C(=O)O. The van der Waals surface area contributed by atoms with Crippen LogP contribution in [0.25, 0.3) is 0 Å². The van der Waals surface area contributed by atoms with Crippen LogP contribution in [-0.4, -0.2) is 28.8 Å². The molecule has 0 aliphatic rings. The Labute approximate surface area is 109 Å². The van der Waals surface area contributed by atoms with Crippen LogP contribution in [0.3, 0.4) is 0 Å². The van der Waals surface area contributed by atoms with Gasteiger partial charge in [-0.3, -0.25) is 4.79 Å². The molecule has 1 amide bonds. The van der Waals surface area contributed by atoms with E-state index in [9.17, 15) is 9.59 Å². The molecular formula is C12H23NO3S. The van der Waals surface area contributed by atoms with Gasteiger partial charge in [0.1, 0.15) is 6.04 Å². The summed E-state index contributed by atoms with van der Waals surface area (Å²) in [5.41, 5.74) is 0. The fraction of sp³-hybridized carbons (Fsp3) is 0.833. The second kappa shape index (κ2) is 10.4. The van der Waals surface area contributed by atoms with Gasteiger partial charge in [0.15, 0.2) is 0 Å². The highest BCUT2D eigenvalue weighted by Gasteiger charge is 2.18. The first-order chi connectivity index (χ1) is 8.11. The number of rotatable bonds is 10. The quantitative estimate of drug-likeness (QED) is 0.417. The topological polar surface area (TPSA) is 66.4 Å². The molecule has 0 saturated carbocycles. The van der Waals surface area contributed by atoms with E-state index < -0.39 is 12.0 Å². The molecule has 0 unspecified atom stereocenters. The van der Waals surface area contributed by atoms with Crippen molar-refractivity contribution in [2.45, 2.75) is 57.9 Å². The van der Waals surface area contributed by atoms with Crippen LogP contribution in [0.1, 0.15) is 51.9 Å². The Morgan fingerprint density at radius 1 is 1.24 bits per heavy atom. The number of aliphatic carboxylic acids is 1. The fourth-order valence-electron chi connectivity index (χ4n) is 1.54. The van der Waals surface area contributed by atoms with E-state index in [0.29, 0.717) is 18.6 Å². The van der Waals surface area contributed by atoms with Crippen LogP contribution in [0.5, 0.6) is 0 Å². The summed E-state index contributed by atoms with van der Waals surface area (Å²) in [4.78, 5) is 22.3. The average Bonchev–Trinajstić information content (AvgIpc) is 2.28. The molecule has 0 saturated heterocycles. The van der Waals surface area contributed by atoms with E-state index in [0.717, 1.165) is 19.3 Å². The van der Waals surface area contributed by atoms with E-state index in [4.69, 9.17) is 5.11 Å². The molecule has 1 atom stereocenters. The highest BCUT2D eigenvalue weighted by atomic mass is 32.1. The zero-order valence-corrected chi connectivity index (χ0v) is 11.3. The number of nitrogens with one attached hydrogen (secondary N) is 1. The number of carbonyl (C=O) groups excluding carboxylic acids is 1. The Kier molecular flexibility index (Phi) is 10.0. The lowest BCUT2D eigenvalue weighted by Gasteiger charge is -2.13. The number of hydrogen-bond donors (Lipinski definition) is 3. The fourth-order valence-corrected chi connectivity index (χ4v) is 1.80. The summed E-state index contributed by atoms with van der Waals surface area (Å²) in [5, 5.41) is 11.4. The molecular weight excluding hydrogens is 238 g/mol. The molecule has 0 heterocycles. The Morgan fingerprint density at radius 3 is 2.41 bits per heavy atom. The van der Waals surface area contributed by atoms with Crippen molar-refractivity contribution in [3.05, 3.63) is 0 Å². The van der Waals surface area contributed by atoms with Crippen molar-refractivity contribution >= 4 is 24.5 Å². The molecule has 100 valence electrons. The lowest BCUT2D eigenvalue weighted by Crippen LogP contribution is -2.40. The summed E-state index contributed by atoms with van der Waals surface area (Å²) in [6.07, 6.45) is 6.15. The van der Waals surface area contributed by atoms with Gasteiger partial charge in [-0.25, -0.2) is 4.79 Å². The average molecular weight is 261 g/mol. The van der Waals surface area contributed by atoms with Gasteiger partial charge in [0, 0.05) is 6.42 Å². The first kappa shape index (κ1) is 16.3. The maximum absolute atomic E-state index is 11.5. The summed E-state index contributed by atoms with van der Waals surface area (Å²) in [6.45, 7) is 2.14. The molecule has 0 radical (unpaired) electrons. The minimum atomic E-state index is -0.988. The summed E-state index contributed by atoms with van der Waals surface area (Å²) in [6, 6.07) is -0.796. The highest BCUT2D eigenvalue weighted by Crippen LogP contribution is 2.05. The summed E-state index contributed by atoms with van der Waals surface area (Å²) < 4.78 is 0. The first-order valence-corrected chi connectivity index (χ1v) is 6.88. The lowest BCUT2D eigenvalue weighted by molar-refractivity contribution is -0.141. The number of unbranched alkanes of at least 4 members (excludes halogenated alkanes) is 4. The third-order valence-corrected chi connectivity index (χ3v) is 2.82. The summed E-state index contributed by atoms with van der Waals surface area (Å²) in [7, 11) is 0. The van der Waals surface area contributed by atoms with Crippen molar-refractivity contribution in [1.82, 2.24) is 5.32 Å². The van der Waals surface area contributed by atoms with Gasteiger partial charge in [-0.2, -0.15) is 12.6 Å². The van der Waals surface area contributed by atoms with Gasteiger partial charge in [0.25, 0.3) is 0 Å². The van der Waals surface area contributed by atoms with Crippen molar-refractivity contribution in [2.75, 3.05) is 5.75 Å². The predicted octanol–water partition coefficient (Wildman–Crippen LogP) is 2.24. The predicted molar refractivity (Wildman–Crippen MR) is 71.4 cm³/mol. The second-order valence-electron chi connectivity index (χ2n) is 4.13. The molecule has 0 rings (SSSR count). The van der Waals surface area contributed by atoms with Gasteiger partial charge in [-0.1, -0.05) is 32.6 Å². The third kappa shape index (κ3) is 9.03. The highest BCUT2D eigenvalue weighted by molar-refractivity contribution is 7.80. The Morgan fingerprint density at radius 2 is 1.88 bits per heavy atom. The Hall–Kier alpha value is -0.710. The zero-order chi connectivity index (χ0) is 13.1. The standard InChI is InChI=1S/C12H23NO3S/c1-2-3-4-5-6-7-11(14)13-10(8-9-17)12(15)16/h10,17H,2-9H2,1H3,(H,13,14)(H,15,16)/t10-/m1/s1. The number of amides is 1. The summed E-state index contributed by atoms with van der Waals surface area (Å²) in [5.74, 6) is -0.706. The maximum Gasteiger partial charge on any atom is 0.326 e. The summed E-state index contributed by atoms with van der Waals surface area (Å²) >= 11 is 3.97. The van der Waals surface area contributed by atoms with Crippen LogP contribution < -0.4 is 5.32 Å². The molecule has 5 heteroatoms. The molecule has 0 aliphatic heterocycles. The molecule has 0 fully saturated rings. The van der Waals surface area contributed by atoms with Crippen molar-refractivity contribution in [1.29, 1.82) is 0 Å². The molecule has 17 heavy (non-hydrogen) atoms. The van der Waals surface area contributed by atoms with Gasteiger partial charge in [0.2, 0.25) is 5.91 Å². The van der Waals surface area contributed by atoms with Gasteiger partial charge < -0.3 is 10.4 Å². The van der Waals surface area contributed by atoms with Gasteiger partial charge in [0.05, 0.1) is 0 Å². The molecule has 0 aromatic rings. The Bertz CT molecular complexity index is 234. The van der Waals surface area contributed by atoms with Crippen molar-refractivity contribution < 1.29 is 14.7 Å². The minimum Gasteiger partial charge on any atom is -0.480 e. The molecule has 0 aromatic carbocycles. The van der Waals surface area contributed by atoms with Crippen molar-refractivity contribution in [2.24, 2.45) is 0 Å². The van der Waals surface area contributed by atoms with Crippen LogP contribution in [0.4, 0.5) is 0 Å². The van der Waals surface area contributed by atoms with E-state index >= 15 is 0 Å². The van der Waals surface area contributed by atoms with Crippen LogP contribution in [-0.2, 0) is 9.59 Å². The van der Waals surface area contributed by atoms with Gasteiger partial charge >= 0.3 is 5.97 Å². The molecule has 4 nitrogen and oxygen atoms in total. The number of thiol groups is 1. The normalized spacial score (nSPS) is 12.1. The lowest BCUT2D eigenvalue weighted by atomic mass is 10.1. The van der Waals surface area contributed by atoms with Crippen LogP contribution >= 0.6 is 12.6 Å². The van der Waals surface area contributed by atoms with E-state index in [2.05, 4.69) is 24.9 Å². The molecule has 0 bridgehead atoms. The van der Waals surface area contributed by atoms with Crippen LogP contribution in [0.15, 0.2) is 0 Å². The zero-order valence-electron chi connectivity index (χ0n) is 10.4. The minimum absolute atomic E-state index is 0.171. The first-order valence-electron chi connectivity index (χ1n) is 6.24. The number of carboxylic acid groups (broad SMARTS) is 1. The number of hydrogen-bond acceptors (Lipinski definition) is 3. The van der Waals surface area contributed by atoms with Crippen molar-refractivity contribution in [3.63, 3.8) is 0 Å². The maximum atomic E-state index is 11.5. The number of carbonyl (C=O) groups is 2. The van der Waals surface area contributed by atoms with E-state index in [1.165, 1.54) is 12.8 Å². The largest absolute Gasteiger partial charge is 0.480 e. The van der Waals surface area contributed by atoms with E-state index in [1.54, 1.807) is 0 Å². The molecule has 0 spiro atoms. The van der Waals surface area contributed by atoms with Gasteiger partial charge in [-0.05, 0) is 18.6 Å².